The number of piperazine rings is 1. The van der Waals surface area contributed by atoms with Crippen LogP contribution in [0.1, 0.15) is 11.6 Å². The van der Waals surface area contributed by atoms with Crippen LogP contribution in [-0.2, 0) is 0 Å². The summed E-state index contributed by atoms with van der Waals surface area (Å²) in [7, 11) is 0. The molecule has 0 radical (unpaired) electrons. The number of nitrogens with zero attached hydrogens (tertiary/aromatic N) is 1. The molecular weight excluding hydrogens is 570 g/mol. The maximum absolute atomic E-state index is 13.5. The van der Waals surface area contributed by atoms with E-state index in [-0.39, 0.29) is 36.1 Å². The highest BCUT2D eigenvalue weighted by molar-refractivity contribution is 14.1. The van der Waals surface area contributed by atoms with Crippen LogP contribution in [0.15, 0.2) is 12.1 Å². The van der Waals surface area contributed by atoms with Crippen molar-refractivity contribution in [1.29, 1.82) is 0 Å². The number of nitrogens with one attached hydrogen (secondary N) is 1. The van der Waals surface area contributed by atoms with Gasteiger partial charge >= 0.3 is 6.18 Å². The molecule has 3 nitrogen and oxygen atoms in total. The number of hydrogen-bond donors (Lipinski definition) is 2. The Hall–Kier alpha value is 0.770. The first kappa shape index (κ1) is 22.8. The standard InChI is InChI=1S/C12H13F3I2N2O.2ClH/c13-12(14,15)11(19-3-1-18-2-4-19)8-5-7(16)6-9(17)10(8)20;;/h5-6,11,18,20H,1-4H2;2*1H/t11-;;/m0../s1. The van der Waals surface area contributed by atoms with E-state index >= 15 is 0 Å². The van der Waals surface area contributed by atoms with Crippen LogP contribution in [0, 0.1) is 7.14 Å². The summed E-state index contributed by atoms with van der Waals surface area (Å²) in [5, 5.41) is 13.1. The average Bonchev–Trinajstić information content (AvgIpc) is 2.35. The molecule has 1 saturated heterocycles. The maximum Gasteiger partial charge on any atom is 0.408 e. The quantitative estimate of drug-likeness (QED) is 0.517. The molecule has 10 heteroatoms. The molecule has 0 bridgehead atoms. The van der Waals surface area contributed by atoms with Crippen LogP contribution in [0.25, 0.3) is 0 Å². The lowest BCUT2D eigenvalue weighted by Crippen LogP contribution is -2.49. The van der Waals surface area contributed by atoms with Crippen LogP contribution < -0.4 is 5.32 Å². The van der Waals surface area contributed by atoms with E-state index in [4.69, 9.17) is 0 Å². The zero-order valence-electron chi connectivity index (χ0n) is 11.2. The first-order valence-corrected chi connectivity index (χ1v) is 8.16. The zero-order chi connectivity index (χ0) is 14.9. The summed E-state index contributed by atoms with van der Waals surface area (Å²) >= 11 is 3.82. The van der Waals surface area contributed by atoms with E-state index in [2.05, 4.69) is 5.32 Å². The van der Waals surface area contributed by atoms with Gasteiger partial charge in [-0.2, -0.15) is 13.2 Å². The van der Waals surface area contributed by atoms with E-state index < -0.39 is 12.2 Å². The molecule has 0 aliphatic carbocycles. The minimum absolute atomic E-state index is 0. The van der Waals surface area contributed by atoms with E-state index in [1.165, 1.54) is 11.0 Å². The topological polar surface area (TPSA) is 35.5 Å². The molecule has 1 aromatic rings. The van der Waals surface area contributed by atoms with E-state index in [0.29, 0.717) is 33.3 Å². The van der Waals surface area contributed by atoms with Crippen molar-refractivity contribution < 1.29 is 18.3 Å². The monoisotopic (exact) mass is 584 g/mol. The average molecular weight is 585 g/mol. The Kier molecular flexibility index (Phi) is 9.63. The van der Waals surface area contributed by atoms with Gasteiger partial charge in [0.25, 0.3) is 0 Å². The van der Waals surface area contributed by atoms with Crippen molar-refractivity contribution in [2.75, 3.05) is 26.2 Å². The maximum atomic E-state index is 13.5. The number of benzene rings is 1. The summed E-state index contributed by atoms with van der Waals surface area (Å²) in [6, 6.07) is 1.32. The van der Waals surface area contributed by atoms with E-state index in [1.54, 1.807) is 6.07 Å². The molecule has 0 aromatic heterocycles. The highest BCUT2D eigenvalue weighted by atomic mass is 127. The Bertz CT molecular complexity index is 500. The second-order valence-corrected chi connectivity index (χ2v) is 6.96. The second-order valence-electron chi connectivity index (χ2n) is 4.56. The summed E-state index contributed by atoms with van der Waals surface area (Å²) in [4.78, 5) is 1.37. The molecule has 0 spiro atoms. The number of hydrogen-bond acceptors (Lipinski definition) is 3. The van der Waals surface area contributed by atoms with E-state index in [0.717, 1.165) is 0 Å². The van der Waals surface area contributed by atoms with Crippen molar-refractivity contribution in [3.8, 4) is 5.75 Å². The second kappa shape index (κ2) is 9.30. The molecule has 0 unspecified atom stereocenters. The SMILES string of the molecule is Cl.Cl.Oc1c(I)cc(I)cc1[C@H](N1CCNCC1)C(F)(F)F. The molecule has 1 heterocycles. The first-order chi connectivity index (χ1) is 9.30. The molecule has 1 aliphatic heterocycles. The van der Waals surface area contributed by atoms with Gasteiger partial charge in [-0.15, -0.1) is 24.8 Å². The molecule has 128 valence electrons. The molecule has 1 aromatic carbocycles. The van der Waals surface area contributed by atoms with Crippen LogP contribution in [0.4, 0.5) is 13.2 Å². The van der Waals surface area contributed by atoms with Gasteiger partial charge in [-0.05, 0) is 57.3 Å². The predicted octanol–water partition coefficient (Wildman–Crippen LogP) is 3.95. The number of rotatable bonds is 2. The third-order valence-electron chi connectivity index (χ3n) is 3.18. The smallest absolute Gasteiger partial charge is 0.408 e. The molecule has 1 aliphatic rings. The molecule has 2 N–H and O–H groups in total. The minimum atomic E-state index is -4.41. The normalized spacial score (nSPS) is 17.3. The fourth-order valence-electron chi connectivity index (χ4n) is 2.31. The van der Waals surface area contributed by atoms with Crippen molar-refractivity contribution in [1.82, 2.24) is 10.2 Å². The number of aromatic hydroxyl groups is 1. The highest BCUT2D eigenvalue weighted by Gasteiger charge is 2.46. The molecule has 1 atom stereocenters. The van der Waals surface area contributed by atoms with E-state index in [1.807, 2.05) is 45.2 Å². The Labute approximate surface area is 166 Å². The Morgan fingerprint density at radius 3 is 2.18 bits per heavy atom. The number of phenolic OH excluding ortho intramolecular Hbond substituents is 1. The van der Waals surface area contributed by atoms with E-state index in [9.17, 15) is 18.3 Å². The molecule has 0 amide bonds. The van der Waals surface area contributed by atoms with Gasteiger partial charge in [-0.3, -0.25) is 4.90 Å². The molecule has 1 fully saturated rings. The summed E-state index contributed by atoms with van der Waals surface area (Å²) in [6.45, 7) is 1.67. The number of alkyl halides is 3. The fraction of sp³-hybridized carbons (Fsp3) is 0.500. The Morgan fingerprint density at radius 2 is 1.68 bits per heavy atom. The molecule has 2 rings (SSSR count). The van der Waals surface area contributed by atoms with Gasteiger partial charge in [0.15, 0.2) is 0 Å². The largest absolute Gasteiger partial charge is 0.506 e. The van der Waals surface area contributed by atoms with Crippen molar-refractivity contribution >= 4 is 70.0 Å². The van der Waals surface area contributed by atoms with Crippen LogP contribution in [0.3, 0.4) is 0 Å². The van der Waals surface area contributed by atoms with Crippen molar-refractivity contribution in [3.63, 3.8) is 0 Å². The summed E-state index contributed by atoms with van der Waals surface area (Å²) < 4.78 is 41.5. The molecule has 0 saturated carbocycles. The number of halogens is 7. The number of phenols is 1. The summed E-state index contributed by atoms with van der Waals surface area (Å²) in [5.74, 6) is -0.271. The zero-order valence-corrected chi connectivity index (χ0v) is 17.1. The van der Waals surface area contributed by atoms with Crippen molar-refractivity contribution in [2.24, 2.45) is 0 Å². The Balaban J connectivity index is 0.00000220. The molecule has 22 heavy (non-hydrogen) atoms. The van der Waals surface area contributed by atoms with Crippen LogP contribution in [0.2, 0.25) is 0 Å². The Morgan fingerprint density at radius 1 is 1.14 bits per heavy atom. The lowest BCUT2D eigenvalue weighted by Gasteiger charge is -2.36. The van der Waals surface area contributed by atoms with Crippen LogP contribution >= 0.6 is 70.0 Å². The lowest BCUT2D eigenvalue weighted by atomic mass is 10.0. The third-order valence-corrected chi connectivity index (χ3v) is 4.62. The van der Waals surface area contributed by atoms with Gasteiger partial charge in [0.05, 0.1) is 3.57 Å². The predicted molar refractivity (Wildman–Crippen MR) is 101 cm³/mol. The third kappa shape index (κ3) is 5.40. The lowest BCUT2D eigenvalue weighted by molar-refractivity contribution is -0.188. The van der Waals surface area contributed by atoms with Crippen LogP contribution in [0.5, 0.6) is 5.75 Å². The van der Waals surface area contributed by atoms with Gasteiger partial charge in [0.2, 0.25) is 0 Å². The summed E-state index contributed by atoms with van der Waals surface area (Å²) in [5.41, 5.74) is -0.0595. The van der Waals surface area contributed by atoms with Gasteiger partial charge in [-0.1, -0.05) is 0 Å². The molecular formula is C12H15Cl2F3I2N2O. The highest BCUT2D eigenvalue weighted by Crippen LogP contribution is 2.43. The van der Waals surface area contributed by atoms with Gasteiger partial charge in [-0.25, -0.2) is 0 Å². The first-order valence-electron chi connectivity index (χ1n) is 6.00. The van der Waals surface area contributed by atoms with Gasteiger partial charge in [0, 0.05) is 35.3 Å². The van der Waals surface area contributed by atoms with Crippen molar-refractivity contribution in [3.05, 3.63) is 24.8 Å². The minimum Gasteiger partial charge on any atom is -0.506 e. The summed E-state index contributed by atoms with van der Waals surface area (Å²) in [6.07, 6.45) is -4.41. The van der Waals surface area contributed by atoms with Gasteiger partial charge in [0.1, 0.15) is 11.8 Å². The van der Waals surface area contributed by atoms with Crippen LogP contribution in [-0.4, -0.2) is 42.4 Å². The van der Waals surface area contributed by atoms with Crippen molar-refractivity contribution in [2.45, 2.75) is 12.2 Å². The van der Waals surface area contributed by atoms with Gasteiger partial charge < -0.3 is 10.4 Å². The fourth-order valence-corrected chi connectivity index (χ4v) is 4.20.